The molecule has 1 unspecified atom stereocenters. The van der Waals surface area contributed by atoms with Gasteiger partial charge in [0.05, 0.1) is 0 Å². The van der Waals surface area contributed by atoms with Gasteiger partial charge in [-0.2, -0.15) is 0 Å². The zero-order chi connectivity index (χ0) is 19.2. The first-order valence-electron chi connectivity index (χ1n) is 9.24. The molecule has 0 radical (unpaired) electrons. The van der Waals surface area contributed by atoms with Gasteiger partial charge in [-0.1, -0.05) is 36.4 Å². The van der Waals surface area contributed by atoms with Crippen LogP contribution < -0.4 is 9.47 Å². The number of ether oxygens (including phenoxy) is 2. The van der Waals surface area contributed by atoms with Gasteiger partial charge in [0.2, 0.25) is 0 Å². The molecule has 0 spiro atoms. The van der Waals surface area contributed by atoms with E-state index in [4.69, 9.17) is 9.47 Å². The third-order valence-corrected chi connectivity index (χ3v) is 4.78. The third-order valence-electron chi connectivity index (χ3n) is 4.78. The van der Waals surface area contributed by atoms with E-state index >= 15 is 0 Å². The molecule has 2 aromatic carbocycles. The Hall–Kier alpha value is -2.88. The summed E-state index contributed by atoms with van der Waals surface area (Å²) >= 11 is 0. The highest BCUT2D eigenvalue weighted by Gasteiger charge is 2.25. The molecular weight excluding hydrogens is 340 g/mol. The first-order valence-corrected chi connectivity index (χ1v) is 9.24. The second-order valence-corrected chi connectivity index (χ2v) is 6.85. The lowest BCUT2D eigenvalue weighted by Crippen LogP contribution is -2.16. The molecule has 27 heavy (non-hydrogen) atoms. The van der Waals surface area contributed by atoms with Crippen LogP contribution in [0.2, 0.25) is 0 Å². The fraction of sp³-hybridized carbons (Fsp3) is 0.304. The number of benzene rings is 2. The maximum absolute atomic E-state index is 11.1. The normalized spacial score (nSPS) is 16.2. The molecule has 3 rings (SSSR count). The zero-order valence-electron chi connectivity index (χ0n) is 15.7. The molecule has 0 heterocycles. The van der Waals surface area contributed by atoms with Gasteiger partial charge in [-0.15, -0.1) is 0 Å². The molecule has 1 aliphatic carbocycles. The van der Waals surface area contributed by atoms with E-state index in [9.17, 15) is 9.59 Å². The summed E-state index contributed by atoms with van der Waals surface area (Å²) in [5.74, 6) is 1.19. The quantitative estimate of drug-likeness (QED) is 0.424. The standard InChI is InChI=1S/C23H24O4/c1-16(24)26-21-12-8-19(9-13-21)23(18-6-4-3-5-7-18)20-10-14-22(15-11-20)27-17(2)25/h3-4,8-15,18,23H,5-7H2,1-2H3. The van der Waals surface area contributed by atoms with Crippen LogP contribution in [0, 0.1) is 5.92 Å². The van der Waals surface area contributed by atoms with Crippen molar-refractivity contribution in [3.8, 4) is 11.5 Å². The van der Waals surface area contributed by atoms with Crippen molar-refractivity contribution in [3.05, 3.63) is 71.8 Å². The Labute approximate surface area is 159 Å². The van der Waals surface area contributed by atoms with Gasteiger partial charge >= 0.3 is 11.9 Å². The molecule has 1 atom stereocenters. The van der Waals surface area contributed by atoms with Crippen molar-refractivity contribution >= 4 is 11.9 Å². The van der Waals surface area contributed by atoms with Crippen LogP contribution in [0.5, 0.6) is 11.5 Å². The van der Waals surface area contributed by atoms with Gasteiger partial charge in [0, 0.05) is 19.8 Å². The fourth-order valence-corrected chi connectivity index (χ4v) is 3.67. The van der Waals surface area contributed by atoms with Crippen molar-refractivity contribution in [1.29, 1.82) is 0 Å². The van der Waals surface area contributed by atoms with Crippen LogP contribution in [-0.4, -0.2) is 11.9 Å². The van der Waals surface area contributed by atoms with Crippen LogP contribution in [0.4, 0.5) is 0 Å². The molecule has 0 aliphatic heterocycles. The largest absolute Gasteiger partial charge is 0.427 e. The summed E-state index contributed by atoms with van der Waals surface area (Å²) in [5.41, 5.74) is 2.37. The summed E-state index contributed by atoms with van der Waals surface area (Å²) in [4.78, 5) is 22.3. The van der Waals surface area contributed by atoms with E-state index in [2.05, 4.69) is 12.2 Å². The van der Waals surface area contributed by atoms with E-state index in [1.165, 1.54) is 25.0 Å². The molecular formula is C23H24O4. The number of allylic oxidation sites excluding steroid dienone is 2. The summed E-state index contributed by atoms with van der Waals surface area (Å²) < 4.78 is 10.3. The summed E-state index contributed by atoms with van der Waals surface area (Å²) in [6, 6.07) is 15.5. The molecule has 1 aliphatic rings. The Balaban J connectivity index is 1.90. The molecule has 0 bridgehead atoms. The van der Waals surface area contributed by atoms with Crippen molar-refractivity contribution < 1.29 is 19.1 Å². The second-order valence-electron chi connectivity index (χ2n) is 6.85. The molecule has 0 fully saturated rings. The number of carbonyl (C=O) groups excluding carboxylic acids is 2. The highest BCUT2D eigenvalue weighted by atomic mass is 16.5. The van der Waals surface area contributed by atoms with E-state index in [1.54, 1.807) is 0 Å². The minimum atomic E-state index is -0.322. The molecule has 4 nitrogen and oxygen atoms in total. The number of esters is 2. The monoisotopic (exact) mass is 364 g/mol. The molecule has 140 valence electrons. The lowest BCUT2D eigenvalue weighted by atomic mass is 9.75. The number of hydrogen-bond donors (Lipinski definition) is 0. The van der Waals surface area contributed by atoms with E-state index < -0.39 is 0 Å². The van der Waals surface area contributed by atoms with Gasteiger partial charge in [-0.3, -0.25) is 9.59 Å². The first kappa shape index (κ1) is 18.9. The van der Waals surface area contributed by atoms with Crippen LogP contribution in [0.3, 0.4) is 0 Å². The molecule has 2 aromatic rings. The zero-order valence-corrected chi connectivity index (χ0v) is 15.7. The molecule has 0 saturated heterocycles. The van der Waals surface area contributed by atoms with Crippen LogP contribution in [0.15, 0.2) is 60.7 Å². The van der Waals surface area contributed by atoms with E-state index in [0.717, 1.165) is 19.3 Å². The average Bonchev–Trinajstić information content (AvgIpc) is 2.65. The van der Waals surface area contributed by atoms with Crippen molar-refractivity contribution in [2.24, 2.45) is 5.92 Å². The Kier molecular flexibility index (Phi) is 6.07. The minimum Gasteiger partial charge on any atom is -0.427 e. The highest BCUT2D eigenvalue weighted by Crippen LogP contribution is 2.39. The summed E-state index contributed by atoms with van der Waals surface area (Å²) in [7, 11) is 0. The van der Waals surface area contributed by atoms with Gasteiger partial charge in [-0.25, -0.2) is 0 Å². The average molecular weight is 364 g/mol. The Morgan fingerprint density at radius 1 is 0.815 bits per heavy atom. The van der Waals surface area contributed by atoms with Crippen LogP contribution in [0.1, 0.15) is 50.2 Å². The molecule has 0 amide bonds. The summed E-state index contributed by atoms with van der Waals surface area (Å²) in [5, 5.41) is 0. The third kappa shape index (κ3) is 5.07. The Bertz CT molecular complexity index is 759. The smallest absolute Gasteiger partial charge is 0.308 e. The maximum atomic E-state index is 11.1. The topological polar surface area (TPSA) is 52.6 Å². The molecule has 0 N–H and O–H groups in total. The van der Waals surface area contributed by atoms with E-state index in [0.29, 0.717) is 17.4 Å². The van der Waals surface area contributed by atoms with E-state index in [1.807, 2.05) is 48.5 Å². The minimum absolute atomic E-state index is 0.229. The fourth-order valence-electron chi connectivity index (χ4n) is 3.67. The number of hydrogen-bond acceptors (Lipinski definition) is 4. The van der Waals surface area contributed by atoms with Crippen LogP contribution in [-0.2, 0) is 9.59 Å². The number of carbonyl (C=O) groups is 2. The van der Waals surface area contributed by atoms with E-state index in [-0.39, 0.29) is 17.9 Å². The molecule has 0 aromatic heterocycles. The van der Waals surface area contributed by atoms with Crippen molar-refractivity contribution in [3.63, 3.8) is 0 Å². The maximum Gasteiger partial charge on any atom is 0.308 e. The van der Waals surface area contributed by atoms with Crippen molar-refractivity contribution in [2.45, 2.75) is 39.0 Å². The summed E-state index contributed by atoms with van der Waals surface area (Å²) in [6.07, 6.45) is 7.72. The molecule has 0 saturated carbocycles. The first-order chi connectivity index (χ1) is 13.0. The van der Waals surface area contributed by atoms with Gasteiger partial charge < -0.3 is 9.47 Å². The predicted octanol–water partition coefficient (Wildman–Crippen LogP) is 5.03. The second kappa shape index (κ2) is 8.67. The predicted molar refractivity (Wildman–Crippen MR) is 104 cm³/mol. The number of rotatable bonds is 5. The van der Waals surface area contributed by atoms with Gasteiger partial charge in [0.1, 0.15) is 11.5 Å². The Morgan fingerprint density at radius 3 is 1.67 bits per heavy atom. The van der Waals surface area contributed by atoms with Crippen molar-refractivity contribution in [1.82, 2.24) is 0 Å². The SMILES string of the molecule is CC(=O)Oc1ccc(C(c2ccc(OC(C)=O)cc2)C2CC=CCC2)cc1. The van der Waals surface area contributed by atoms with Crippen molar-refractivity contribution in [2.75, 3.05) is 0 Å². The lowest BCUT2D eigenvalue weighted by Gasteiger charge is -2.29. The summed E-state index contributed by atoms with van der Waals surface area (Å²) in [6.45, 7) is 2.80. The molecule has 4 heteroatoms. The lowest BCUT2D eigenvalue weighted by molar-refractivity contribution is -0.132. The van der Waals surface area contributed by atoms with Gasteiger partial charge in [0.25, 0.3) is 0 Å². The van der Waals surface area contributed by atoms with Gasteiger partial charge in [0.15, 0.2) is 0 Å². The van der Waals surface area contributed by atoms with Crippen LogP contribution in [0.25, 0.3) is 0 Å². The van der Waals surface area contributed by atoms with Gasteiger partial charge in [-0.05, 0) is 60.6 Å². The highest BCUT2D eigenvalue weighted by molar-refractivity contribution is 5.69. The van der Waals surface area contributed by atoms with Crippen LogP contribution >= 0.6 is 0 Å². The Morgan fingerprint density at radius 2 is 1.30 bits per heavy atom.